The summed E-state index contributed by atoms with van der Waals surface area (Å²) in [6, 6.07) is 3.44. The molecule has 1 heterocycles. The lowest BCUT2D eigenvalue weighted by molar-refractivity contribution is 0.402. The summed E-state index contributed by atoms with van der Waals surface area (Å²) in [4.78, 5) is 10.1. The van der Waals surface area contributed by atoms with Crippen LogP contribution in [-0.4, -0.2) is 6.29 Å². The van der Waals surface area contributed by atoms with E-state index in [-0.39, 0.29) is 11.2 Å². The van der Waals surface area contributed by atoms with Crippen LogP contribution in [0.1, 0.15) is 32.3 Å². The molecule has 1 aromatic heterocycles. The molecule has 0 aliphatic carbocycles. The molecule has 0 aromatic carbocycles. The van der Waals surface area contributed by atoms with Crippen LogP contribution in [0.5, 0.6) is 0 Å². The molecule has 0 aliphatic heterocycles. The first kappa shape index (κ1) is 8.05. The van der Waals surface area contributed by atoms with E-state index in [0.717, 1.165) is 5.76 Å². The molecule has 1 rings (SSSR count). The fourth-order valence-electron chi connectivity index (χ4n) is 0.796. The molecule has 0 spiro atoms. The van der Waals surface area contributed by atoms with Gasteiger partial charge in [0.25, 0.3) is 6.29 Å². The fourth-order valence-corrected chi connectivity index (χ4v) is 0.796. The van der Waals surface area contributed by atoms with Crippen molar-refractivity contribution in [2.75, 3.05) is 0 Å². The molecular weight excluding hydrogens is 140 g/mol. The Morgan fingerprint density at radius 1 is 1.36 bits per heavy atom. The molecule has 0 fully saturated rings. The number of furan rings is 1. The van der Waals surface area contributed by atoms with E-state index >= 15 is 0 Å². The maximum atomic E-state index is 10.1. The Kier molecular flexibility index (Phi) is 1.85. The van der Waals surface area contributed by atoms with Crippen LogP contribution in [0.3, 0.4) is 0 Å². The monoisotopic (exact) mass is 151 g/mol. The van der Waals surface area contributed by atoms with Crippen molar-refractivity contribution in [3.8, 4) is 0 Å². The minimum Gasteiger partial charge on any atom is -0.457 e. The lowest BCUT2D eigenvalue weighted by Gasteiger charge is -2.13. The Labute approximate surface area is 66.2 Å². The molecular formula is C9H11O2. The first-order chi connectivity index (χ1) is 5.04. The van der Waals surface area contributed by atoms with E-state index in [1.807, 2.05) is 20.8 Å². The van der Waals surface area contributed by atoms with Crippen molar-refractivity contribution in [2.24, 2.45) is 0 Å². The molecule has 0 N–H and O–H groups in total. The van der Waals surface area contributed by atoms with Crippen LogP contribution in [0, 0.1) is 0 Å². The van der Waals surface area contributed by atoms with Crippen molar-refractivity contribution < 1.29 is 9.21 Å². The second-order valence-corrected chi connectivity index (χ2v) is 3.52. The highest BCUT2D eigenvalue weighted by Gasteiger charge is 2.17. The van der Waals surface area contributed by atoms with E-state index in [1.165, 1.54) is 0 Å². The zero-order valence-electron chi connectivity index (χ0n) is 6.97. The van der Waals surface area contributed by atoms with Crippen LogP contribution >= 0.6 is 0 Å². The maximum Gasteiger partial charge on any atom is 0.271 e. The van der Waals surface area contributed by atoms with E-state index in [0.29, 0.717) is 0 Å². The molecule has 1 aromatic rings. The van der Waals surface area contributed by atoms with Crippen molar-refractivity contribution in [3.63, 3.8) is 0 Å². The van der Waals surface area contributed by atoms with E-state index in [1.54, 1.807) is 18.4 Å². The highest BCUT2D eigenvalue weighted by atomic mass is 16.3. The molecule has 0 atom stereocenters. The topological polar surface area (TPSA) is 30.2 Å². The van der Waals surface area contributed by atoms with Gasteiger partial charge in [-0.15, -0.1) is 0 Å². The third-order valence-corrected chi connectivity index (χ3v) is 1.45. The summed E-state index contributed by atoms with van der Waals surface area (Å²) in [6.07, 6.45) is 1.70. The van der Waals surface area contributed by atoms with Gasteiger partial charge in [0.1, 0.15) is 5.76 Å². The van der Waals surface area contributed by atoms with Crippen LogP contribution in [0.2, 0.25) is 0 Å². The number of carbonyl (C=O) groups excluding carboxylic acids is 1. The van der Waals surface area contributed by atoms with Crippen molar-refractivity contribution in [1.82, 2.24) is 0 Å². The standard InChI is InChI=1S/C9H11O2/c1-9(2,3)8-5-4-7(6-10)11-8/h4-5H,1-3H3. The smallest absolute Gasteiger partial charge is 0.271 e. The minimum absolute atomic E-state index is 0.0326. The average Bonchev–Trinajstić information content (AvgIpc) is 2.32. The summed E-state index contributed by atoms with van der Waals surface area (Å²) in [5, 5.41) is 0. The van der Waals surface area contributed by atoms with Gasteiger partial charge in [-0.25, -0.2) is 0 Å². The Morgan fingerprint density at radius 3 is 2.27 bits per heavy atom. The summed E-state index contributed by atoms with van der Waals surface area (Å²) in [7, 11) is 0. The molecule has 59 valence electrons. The maximum absolute atomic E-state index is 10.1. The van der Waals surface area contributed by atoms with Gasteiger partial charge < -0.3 is 4.42 Å². The Balaban J connectivity index is 2.98. The Morgan fingerprint density at radius 2 is 2.00 bits per heavy atom. The van der Waals surface area contributed by atoms with Crippen molar-refractivity contribution in [2.45, 2.75) is 26.2 Å². The van der Waals surface area contributed by atoms with Crippen LogP contribution in [0.25, 0.3) is 0 Å². The van der Waals surface area contributed by atoms with E-state index in [2.05, 4.69) is 0 Å². The predicted octanol–water partition coefficient (Wildman–Crippen LogP) is 2.03. The average molecular weight is 151 g/mol. The zero-order chi connectivity index (χ0) is 8.48. The largest absolute Gasteiger partial charge is 0.457 e. The van der Waals surface area contributed by atoms with Crippen LogP contribution < -0.4 is 0 Å². The normalized spacial score (nSPS) is 11.5. The SMILES string of the molecule is CC(C)(C)c1ccc([C]=O)o1. The van der Waals surface area contributed by atoms with Gasteiger partial charge in [-0.3, -0.25) is 4.79 Å². The molecule has 0 unspecified atom stereocenters. The van der Waals surface area contributed by atoms with Crippen LogP contribution in [0.4, 0.5) is 0 Å². The highest BCUT2D eigenvalue weighted by molar-refractivity contribution is 5.70. The predicted molar refractivity (Wildman–Crippen MR) is 42.2 cm³/mol. The van der Waals surface area contributed by atoms with Crippen LogP contribution in [-0.2, 0) is 10.2 Å². The fraction of sp³-hybridized carbons (Fsp3) is 0.444. The van der Waals surface area contributed by atoms with Gasteiger partial charge in [-0.2, -0.15) is 0 Å². The van der Waals surface area contributed by atoms with Crippen molar-refractivity contribution >= 4 is 6.29 Å². The molecule has 0 amide bonds. The first-order valence-corrected chi connectivity index (χ1v) is 3.52. The Hall–Kier alpha value is -1.05. The second kappa shape index (κ2) is 2.53. The quantitative estimate of drug-likeness (QED) is 0.614. The number of hydrogen-bond acceptors (Lipinski definition) is 2. The summed E-state index contributed by atoms with van der Waals surface area (Å²) < 4.78 is 5.17. The van der Waals surface area contributed by atoms with Gasteiger partial charge in [0.05, 0.1) is 0 Å². The summed E-state index contributed by atoms with van der Waals surface area (Å²) >= 11 is 0. The third-order valence-electron chi connectivity index (χ3n) is 1.45. The van der Waals surface area contributed by atoms with Crippen molar-refractivity contribution in [3.05, 3.63) is 23.7 Å². The lowest BCUT2D eigenvalue weighted by Crippen LogP contribution is -2.09. The molecule has 2 nitrogen and oxygen atoms in total. The molecule has 0 saturated heterocycles. The van der Waals surface area contributed by atoms with Gasteiger partial charge in [0.2, 0.25) is 0 Å². The molecule has 0 saturated carbocycles. The molecule has 0 bridgehead atoms. The number of hydrogen-bond donors (Lipinski definition) is 0. The van der Waals surface area contributed by atoms with E-state index in [4.69, 9.17) is 4.42 Å². The lowest BCUT2D eigenvalue weighted by atomic mass is 9.94. The van der Waals surface area contributed by atoms with Gasteiger partial charge in [-0.05, 0) is 12.1 Å². The van der Waals surface area contributed by atoms with Crippen LogP contribution in [0.15, 0.2) is 16.5 Å². The summed E-state index contributed by atoms with van der Waals surface area (Å²) in [5.74, 6) is 1.09. The Bertz CT molecular complexity index is 253. The van der Waals surface area contributed by atoms with Crippen molar-refractivity contribution in [1.29, 1.82) is 0 Å². The zero-order valence-corrected chi connectivity index (χ0v) is 6.97. The van der Waals surface area contributed by atoms with E-state index < -0.39 is 0 Å². The first-order valence-electron chi connectivity index (χ1n) is 3.52. The minimum atomic E-state index is -0.0326. The summed E-state index contributed by atoms with van der Waals surface area (Å²) in [5.41, 5.74) is -0.0326. The summed E-state index contributed by atoms with van der Waals surface area (Å²) in [6.45, 7) is 6.08. The third kappa shape index (κ3) is 1.70. The van der Waals surface area contributed by atoms with Gasteiger partial charge in [0.15, 0.2) is 5.76 Å². The molecule has 11 heavy (non-hydrogen) atoms. The van der Waals surface area contributed by atoms with Gasteiger partial charge >= 0.3 is 0 Å². The highest BCUT2D eigenvalue weighted by Crippen LogP contribution is 2.23. The second-order valence-electron chi connectivity index (χ2n) is 3.52. The molecule has 2 heteroatoms. The van der Waals surface area contributed by atoms with Gasteiger partial charge in [0, 0.05) is 5.41 Å². The molecule has 0 aliphatic rings. The molecule has 1 radical (unpaired) electrons. The van der Waals surface area contributed by atoms with Gasteiger partial charge in [-0.1, -0.05) is 20.8 Å². The van der Waals surface area contributed by atoms with E-state index in [9.17, 15) is 4.79 Å². The number of rotatable bonds is 1.